The SMILES string of the molecule is CC(=O)O[C@H]1CCCCCCCCCC[C@H]1C1OCCO1. The summed E-state index contributed by atoms with van der Waals surface area (Å²) >= 11 is 0. The Kier molecular flexibility index (Phi) is 7.51. The van der Waals surface area contributed by atoms with Crippen molar-refractivity contribution in [3.8, 4) is 0 Å². The van der Waals surface area contributed by atoms with Crippen LogP contribution in [0.15, 0.2) is 0 Å². The molecule has 1 aliphatic heterocycles. The van der Waals surface area contributed by atoms with Crippen LogP contribution in [0.4, 0.5) is 0 Å². The molecule has 1 saturated carbocycles. The van der Waals surface area contributed by atoms with Crippen LogP contribution in [-0.4, -0.2) is 31.6 Å². The third-order valence-corrected chi connectivity index (χ3v) is 4.57. The Morgan fingerprint density at radius 2 is 1.38 bits per heavy atom. The smallest absolute Gasteiger partial charge is 0.302 e. The molecule has 2 rings (SSSR count). The molecule has 0 aromatic rings. The highest BCUT2D eigenvalue weighted by Gasteiger charge is 2.34. The Hall–Kier alpha value is -0.610. The van der Waals surface area contributed by atoms with Crippen LogP contribution in [0, 0.1) is 5.92 Å². The largest absolute Gasteiger partial charge is 0.462 e. The number of hydrogen-bond donors (Lipinski definition) is 0. The predicted molar refractivity (Wildman–Crippen MR) is 80.9 cm³/mol. The highest BCUT2D eigenvalue weighted by atomic mass is 16.7. The maximum atomic E-state index is 11.4. The van der Waals surface area contributed by atoms with Gasteiger partial charge in [0.05, 0.1) is 13.2 Å². The number of esters is 1. The minimum Gasteiger partial charge on any atom is -0.462 e. The van der Waals surface area contributed by atoms with Gasteiger partial charge in [0.25, 0.3) is 0 Å². The van der Waals surface area contributed by atoms with Crippen molar-refractivity contribution in [2.24, 2.45) is 5.92 Å². The van der Waals surface area contributed by atoms with Gasteiger partial charge in [0.2, 0.25) is 0 Å². The first-order chi connectivity index (χ1) is 10.3. The lowest BCUT2D eigenvalue weighted by Crippen LogP contribution is -2.35. The monoisotopic (exact) mass is 298 g/mol. The molecule has 2 atom stereocenters. The number of rotatable bonds is 2. The fraction of sp³-hybridized carbons (Fsp3) is 0.941. The van der Waals surface area contributed by atoms with Crippen molar-refractivity contribution in [1.29, 1.82) is 0 Å². The normalized spacial score (nSPS) is 30.3. The van der Waals surface area contributed by atoms with Crippen molar-refractivity contribution in [2.75, 3.05) is 13.2 Å². The van der Waals surface area contributed by atoms with Crippen molar-refractivity contribution in [1.82, 2.24) is 0 Å². The van der Waals surface area contributed by atoms with Crippen molar-refractivity contribution in [3.05, 3.63) is 0 Å². The third kappa shape index (κ3) is 5.95. The molecule has 122 valence electrons. The lowest BCUT2D eigenvalue weighted by atomic mass is 9.89. The molecule has 2 fully saturated rings. The van der Waals surface area contributed by atoms with Crippen LogP contribution in [0.25, 0.3) is 0 Å². The highest BCUT2D eigenvalue weighted by molar-refractivity contribution is 5.66. The standard InChI is InChI=1S/C17H30O4/c1-14(18)21-16-11-9-7-5-3-2-4-6-8-10-15(16)17-19-12-13-20-17/h15-17H,2-13H2,1H3/t15-,16+/m1/s1. The summed E-state index contributed by atoms with van der Waals surface area (Å²) in [4.78, 5) is 11.4. The fourth-order valence-electron chi connectivity index (χ4n) is 3.48. The van der Waals surface area contributed by atoms with Gasteiger partial charge in [-0.2, -0.15) is 0 Å². The van der Waals surface area contributed by atoms with Gasteiger partial charge in [-0.3, -0.25) is 4.79 Å². The Bertz CT molecular complexity index is 299. The van der Waals surface area contributed by atoms with Crippen molar-refractivity contribution < 1.29 is 19.0 Å². The van der Waals surface area contributed by atoms with Gasteiger partial charge in [-0.15, -0.1) is 0 Å². The molecule has 0 spiro atoms. The van der Waals surface area contributed by atoms with Gasteiger partial charge in [0.1, 0.15) is 6.10 Å². The molecule has 1 heterocycles. The maximum absolute atomic E-state index is 11.4. The van der Waals surface area contributed by atoms with Crippen LogP contribution in [-0.2, 0) is 19.0 Å². The fourth-order valence-corrected chi connectivity index (χ4v) is 3.48. The first kappa shape index (κ1) is 16.8. The van der Waals surface area contributed by atoms with Gasteiger partial charge in [-0.05, 0) is 19.3 Å². The van der Waals surface area contributed by atoms with Gasteiger partial charge in [0, 0.05) is 12.8 Å². The van der Waals surface area contributed by atoms with Crippen molar-refractivity contribution in [2.45, 2.75) is 83.5 Å². The van der Waals surface area contributed by atoms with Gasteiger partial charge < -0.3 is 14.2 Å². The van der Waals surface area contributed by atoms with Crippen LogP contribution in [0.2, 0.25) is 0 Å². The van der Waals surface area contributed by atoms with E-state index in [-0.39, 0.29) is 24.3 Å². The number of hydrogen-bond acceptors (Lipinski definition) is 4. The minimum absolute atomic E-state index is 0.0509. The first-order valence-corrected chi connectivity index (χ1v) is 8.68. The van der Waals surface area contributed by atoms with E-state index >= 15 is 0 Å². The van der Waals surface area contributed by atoms with E-state index in [4.69, 9.17) is 14.2 Å². The van der Waals surface area contributed by atoms with Crippen LogP contribution in [0.5, 0.6) is 0 Å². The second kappa shape index (κ2) is 9.42. The van der Waals surface area contributed by atoms with Crippen LogP contribution in [0.1, 0.15) is 71.1 Å². The zero-order valence-corrected chi connectivity index (χ0v) is 13.4. The number of carbonyl (C=O) groups excluding carboxylic acids is 1. The number of ether oxygens (including phenoxy) is 3. The molecular formula is C17H30O4. The minimum atomic E-state index is -0.185. The van der Waals surface area contributed by atoms with E-state index in [9.17, 15) is 4.79 Å². The van der Waals surface area contributed by atoms with E-state index in [2.05, 4.69) is 0 Å². The summed E-state index contributed by atoms with van der Waals surface area (Å²) in [6, 6.07) is 0. The molecule has 1 saturated heterocycles. The van der Waals surface area contributed by atoms with E-state index in [1.165, 1.54) is 51.9 Å². The average molecular weight is 298 g/mol. The Morgan fingerprint density at radius 1 is 0.857 bits per heavy atom. The quantitative estimate of drug-likeness (QED) is 0.727. The Morgan fingerprint density at radius 3 is 1.95 bits per heavy atom. The molecule has 2 aliphatic rings. The number of carbonyl (C=O) groups is 1. The zero-order chi connectivity index (χ0) is 14.9. The lowest BCUT2D eigenvalue weighted by molar-refractivity contribution is -0.164. The van der Waals surface area contributed by atoms with Gasteiger partial charge in [-0.1, -0.05) is 44.9 Å². The van der Waals surface area contributed by atoms with Crippen LogP contribution in [0.3, 0.4) is 0 Å². The Labute approximate surface area is 128 Å². The van der Waals surface area contributed by atoms with Crippen LogP contribution >= 0.6 is 0 Å². The molecule has 0 aromatic heterocycles. The predicted octanol–water partition coefficient (Wildman–Crippen LogP) is 3.82. The third-order valence-electron chi connectivity index (χ3n) is 4.57. The molecule has 0 unspecified atom stereocenters. The summed E-state index contributed by atoms with van der Waals surface area (Å²) in [5, 5.41) is 0. The summed E-state index contributed by atoms with van der Waals surface area (Å²) in [5.74, 6) is 0.00548. The second-order valence-electron chi connectivity index (χ2n) is 6.33. The molecule has 0 radical (unpaired) electrons. The van der Waals surface area contributed by atoms with E-state index in [0.29, 0.717) is 13.2 Å². The molecule has 0 N–H and O–H groups in total. The molecule has 1 aliphatic carbocycles. The highest BCUT2D eigenvalue weighted by Crippen LogP contribution is 2.30. The van der Waals surface area contributed by atoms with E-state index in [1.54, 1.807) is 0 Å². The van der Waals surface area contributed by atoms with Gasteiger partial charge in [0.15, 0.2) is 6.29 Å². The van der Waals surface area contributed by atoms with Crippen LogP contribution < -0.4 is 0 Å². The lowest BCUT2D eigenvalue weighted by Gasteiger charge is -2.30. The summed E-state index contributed by atoms with van der Waals surface area (Å²) < 4.78 is 17.1. The van der Waals surface area contributed by atoms with Gasteiger partial charge >= 0.3 is 5.97 Å². The summed E-state index contributed by atoms with van der Waals surface area (Å²) in [6.07, 6.45) is 11.8. The van der Waals surface area contributed by atoms with E-state index in [0.717, 1.165) is 19.3 Å². The van der Waals surface area contributed by atoms with E-state index < -0.39 is 0 Å². The molecule has 0 amide bonds. The maximum Gasteiger partial charge on any atom is 0.302 e. The Balaban J connectivity index is 1.99. The van der Waals surface area contributed by atoms with E-state index in [1.807, 2.05) is 0 Å². The summed E-state index contributed by atoms with van der Waals surface area (Å²) in [5.41, 5.74) is 0. The topological polar surface area (TPSA) is 44.8 Å². The zero-order valence-electron chi connectivity index (χ0n) is 13.4. The molecular weight excluding hydrogens is 268 g/mol. The molecule has 4 heteroatoms. The summed E-state index contributed by atoms with van der Waals surface area (Å²) in [7, 11) is 0. The molecule has 0 aromatic carbocycles. The first-order valence-electron chi connectivity index (χ1n) is 8.68. The molecule has 4 nitrogen and oxygen atoms in total. The second-order valence-corrected chi connectivity index (χ2v) is 6.33. The molecule has 21 heavy (non-hydrogen) atoms. The van der Waals surface area contributed by atoms with Gasteiger partial charge in [-0.25, -0.2) is 0 Å². The summed E-state index contributed by atoms with van der Waals surface area (Å²) in [6.45, 7) is 2.82. The molecule has 0 bridgehead atoms. The van der Waals surface area contributed by atoms with Crippen molar-refractivity contribution >= 4 is 5.97 Å². The van der Waals surface area contributed by atoms with Crippen molar-refractivity contribution in [3.63, 3.8) is 0 Å². The average Bonchev–Trinajstić information content (AvgIpc) is 2.95.